The Balaban J connectivity index is 0.000000149. The van der Waals surface area contributed by atoms with Gasteiger partial charge in [0.15, 0.2) is 0 Å². The molecule has 0 bridgehead atoms. The number of carbonyl (C=O) groups is 2. The van der Waals surface area contributed by atoms with Gasteiger partial charge >= 0.3 is 0 Å². The van der Waals surface area contributed by atoms with Crippen LogP contribution >= 0.6 is 34.8 Å². The van der Waals surface area contributed by atoms with Crippen molar-refractivity contribution in [1.29, 1.82) is 0 Å². The van der Waals surface area contributed by atoms with Crippen LogP contribution in [0, 0.1) is 20.8 Å². The Labute approximate surface area is 487 Å². The third-order valence-electron chi connectivity index (χ3n) is 13.1. The molecule has 0 fully saturated rings. The molecule has 81 heavy (non-hydrogen) atoms. The molecule has 1 amide bonds. The van der Waals surface area contributed by atoms with Crippen LogP contribution in [0.15, 0.2) is 237 Å². The summed E-state index contributed by atoms with van der Waals surface area (Å²) in [6.07, 6.45) is 5.82. The molecule has 13 rings (SSSR count). The molecule has 0 aliphatic heterocycles. The number of aromatic nitrogens is 5. The molecule has 12 heteroatoms. The van der Waals surface area contributed by atoms with E-state index >= 15 is 0 Å². The largest absolute Gasteiger partial charge is 0.399 e. The maximum Gasteiger partial charge on any atom is 0.296 e. The third kappa shape index (κ3) is 15.6. The molecule has 0 atom stereocenters. The van der Waals surface area contributed by atoms with Gasteiger partial charge in [-0.3, -0.25) is 19.6 Å². The van der Waals surface area contributed by atoms with E-state index in [1.165, 1.54) is 38.5 Å². The number of Topliss-reactive ketones (excluding diaryl/α,β-unsaturated/α-hetero) is 1. The highest BCUT2D eigenvalue weighted by atomic mass is 35.5. The number of aromatic amines is 1. The van der Waals surface area contributed by atoms with Crippen molar-refractivity contribution >= 4 is 112 Å². The first-order chi connectivity index (χ1) is 38.8. The number of amides is 1. The minimum absolute atomic E-state index is 0. The van der Waals surface area contributed by atoms with E-state index in [1.807, 2.05) is 164 Å². The molecule has 5 aromatic heterocycles. The van der Waals surface area contributed by atoms with Crippen LogP contribution in [0.5, 0.6) is 0 Å². The van der Waals surface area contributed by atoms with Crippen LogP contribution in [-0.2, 0) is 23.8 Å². The van der Waals surface area contributed by atoms with E-state index in [2.05, 4.69) is 111 Å². The molecule has 8 aromatic carbocycles. The van der Waals surface area contributed by atoms with Crippen molar-refractivity contribution in [3.63, 3.8) is 0 Å². The van der Waals surface area contributed by atoms with E-state index in [4.69, 9.17) is 40.5 Å². The number of nitrogens with two attached hydrogens (primary N) is 1. The minimum Gasteiger partial charge on any atom is -0.399 e. The number of carbonyl (C=O) groups excluding carboxylic acids is 2. The number of halogens is 3. The molecule has 0 spiro atoms. The zero-order valence-corrected chi connectivity index (χ0v) is 46.7. The normalized spacial score (nSPS) is 10.5. The molecule has 0 saturated carbocycles. The van der Waals surface area contributed by atoms with Crippen molar-refractivity contribution in [3.05, 3.63) is 286 Å². The average Bonchev–Trinajstić information content (AvgIpc) is 4.31. The fourth-order valence-corrected chi connectivity index (χ4v) is 9.37. The Hall–Kier alpha value is -8.99. The highest BCUT2D eigenvalue weighted by molar-refractivity contribution is 6.48. The van der Waals surface area contributed by atoms with Gasteiger partial charge in [0, 0.05) is 103 Å². The van der Waals surface area contributed by atoms with E-state index in [9.17, 15) is 9.59 Å². The number of anilines is 2. The third-order valence-corrected chi connectivity index (χ3v) is 13.9. The predicted molar refractivity (Wildman–Crippen MR) is 341 cm³/mol. The van der Waals surface area contributed by atoms with Crippen molar-refractivity contribution in [2.24, 2.45) is 0 Å². The Morgan fingerprint density at radius 2 is 1.10 bits per heavy atom. The lowest BCUT2D eigenvalue weighted by Gasteiger charge is -2.06. The zero-order chi connectivity index (χ0) is 56.0. The van der Waals surface area contributed by atoms with Gasteiger partial charge in [0.2, 0.25) is 0 Å². The van der Waals surface area contributed by atoms with Gasteiger partial charge in [-0.2, -0.15) is 0 Å². The number of nitrogens with zero attached hydrogens (tertiary/aromatic N) is 4. The number of aryl methyl sites for hydroxylation is 3. The van der Waals surface area contributed by atoms with Crippen LogP contribution in [0.4, 0.5) is 11.4 Å². The molecule has 0 saturated heterocycles. The number of nitrogens with one attached hydrogen (secondary N) is 2. The monoisotopic (exact) mass is 1130 g/mol. The van der Waals surface area contributed by atoms with E-state index in [0.717, 1.165) is 66.9 Å². The van der Waals surface area contributed by atoms with Crippen LogP contribution in [0.25, 0.3) is 54.5 Å². The number of rotatable bonds is 8. The zero-order valence-electron chi connectivity index (χ0n) is 44.5. The Morgan fingerprint density at radius 3 is 1.74 bits per heavy atom. The van der Waals surface area contributed by atoms with Gasteiger partial charge in [0.05, 0.1) is 16.6 Å². The molecule has 13 aromatic rings. The van der Waals surface area contributed by atoms with Crippen LogP contribution in [0.2, 0.25) is 10.0 Å². The summed E-state index contributed by atoms with van der Waals surface area (Å²) in [5.74, 6) is -0.646. The van der Waals surface area contributed by atoms with E-state index < -0.39 is 11.7 Å². The number of para-hydroxylation sites is 3. The molecule has 0 aliphatic rings. The van der Waals surface area contributed by atoms with E-state index in [0.29, 0.717) is 28.7 Å². The van der Waals surface area contributed by atoms with Gasteiger partial charge in [-0.05, 0) is 151 Å². The van der Waals surface area contributed by atoms with Gasteiger partial charge < -0.3 is 25.2 Å². The first-order valence-corrected chi connectivity index (χ1v) is 27.2. The number of ketones is 1. The maximum absolute atomic E-state index is 13.1. The second kappa shape index (κ2) is 27.7. The molecule has 5 heterocycles. The number of alkyl halides is 1. The van der Waals surface area contributed by atoms with Gasteiger partial charge in [0.25, 0.3) is 11.7 Å². The molecular formula is C69H62Cl3N7O2. The summed E-state index contributed by atoms with van der Waals surface area (Å²) in [5, 5.41) is 9.48. The number of benzene rings is 8. The summed E-state index contributed by atoms with van der Waals surface area (Å²) in [7, 11) is 0. The van der Waals surface area contributed by atoms with Crippen molar-refractivity contribution in [2.75, 3.05) is 11.1 Å². The van der Waals surface area contributed by atoms with Crippen molar-refractivity contribution < 1.29 is 9.59 Å². The average molecular weight is 1130 g/mol. The van der Waals surface area contributed by atoms with Gasteiger partial charge in [0.1, 0.15) is 0 Å². The van der Waals surface area contributed by atoms with Gasteiger partial charge in [-0.1, -0.05) is 151 Å². The summed E-state index contributed by atoms with van der Waals surface area (Å²) in [5.41, 5.74) is 19.3. The second-order valence-electron chi connectivity index (χ2n) is 19.2. The van der Waals surface area contributed by atoms with Crippen molar-refractivity contribution in [3.8, 4) is 0 Å². The number of fused-ring (bicyclic) bond motifs is 5. The van der Waals surface area contributed by atoms with Crippen molar-refractivity contribution in [1.82, 2.24) is 24.1 Å². The molecule has 9 nitrogen and oxygen atoms in total. The quantitative estimate of drug-likeness (QED) is 0.0605. The number of hydrogen-bond acceptors (Lipinski definition) is 5. The highest BCUT2D eigenvalue weighted by Crippen LogP contribution is 2.26. The van der Waals surface area contributed by atoms with Gasteiger partial charge in [-0.15, -0.1) is 11.6 Å². The second-order valence-corrected chi connectivity index (χ2v) is 20.3. The number of nitrogen functional groups attached to an aromatic ring is 1. The molecule has 4 N–H and O–H groups in total. The Bertz CT molecular complexity index is 4130. The van der Waals surface area contributed by atoms with Crippen molar-refractivity contribution in [2.45, 2.75) is 47.2 Å². The fraction of sp³-hybridized carbons (Fsp3) is 0.101. The lowest BCUT2D eigenvalue weighted by atomic mass is 10.1. The number of pyridine rings is 2. The highest BCUT2D eigenvalue weighted by Gasteiger charge is 2.22. The first-order valence-electron chi connectivity index (χ1n) is 26.0. The molecule has 0 unspecified atom stereocenters. The number of hydrogen-bond donors (Lipinski definition) is 3. The standard InChI is InChI=1S/C27H20ClN3O2.C15H12ClN.C10H10N2.C8H9Cl.C8H7N.CH4/c1-17-6-9-19-14-21(12-13-24(19)29-17)30-27(33)26(32)23-16-31(25-5-3-2-4-22(23)25)15-18-7-10-20(28)11-8-18;16-14-7-5-12(6-8-14)11-17-10-9-13-3-1-2-4-15(13)17;1-7-2-3-8-6-9(11)4-5-10(8)12-7;1-7-2-4-8(6-9)5-3-7;1-2-4-8-7(3-1)5-6-9-8;/h2-14,16H,15H2,1H3,(H,30,33);1-10H,11H2;2-6H,11H2,1H3;2-5H,6H2,1H3;1-6,9H;1H4. The van der Waals surface area contributed by atoms with Crippen LogP contribution in [0.1, 0.15) is 51.4 Å². The summed E-state index contributed by atoms with van der Waals surface area (Å²) < 4.78 is 4.22. The lowest BCUT2D eigenvalue weighted by molar-refractivity contribution is -0.112. The first kappa shape index (κ1) is 58.2. The number of H-pyrrole nitrogens is 1. The summed E-state index contributed by atoms with van der Waals surface area (Å²) in [4.78, 5) is 37.9. The summed E-state index contributed by atoms with van der Waals surface area (Å²) >= 11 is 17.5. The maximum atomic E-state index is 13.1. The topological polar surface area (TPSA) is 124 Å². The summed E-state index contributed by atoms with van der Waals surface area (Å²) in [6, 6.07) is 71.2. The SMILES string of the molecule is C.Cc1ccc(CCl)cc1.Cc1ccc2cc(N)ccc2n1.Cc1ccc2cc(NC(=O)C(=O)c3cn(Cc4ccc(Cl)cc4)c4ccccc34)ccc2n1.Clc1ccc(Cn2ccc3ccccc32)cc1.c1ccc2[nH]ccc2c1. The lowest BCUT2D eigenvalue weighted by Crippen LogP contribution is -2.22. The Kier molecular flexibility index (Phi) is 19.9. The van der Waals surface area contributed by atoms with Crippen LogP contribution in [-0.4, -0.2) is 35.8 Å². The van der Waals surface area contributed by atoms with Crippen LogP contribution < -0.4 is 11.1 Å². The predicted octanol–water partition coefficient (Wildman–Crippen LogP) is 18.0. The minimum atomic E-state index is -0.677. The molecule has 0 aliphatic carbocycles. The molecular weight excluding hydrogens is 1070 g/mol. The molecule has 406 valence electrons. The van der Waals surface area contributed by atoms with E-state index in [-0.39, 0.29) is 7.43 Å². The Morgan fingerprint density at radius 1 is 0.543 bits per heavy atom. The van der Waals surface area contributed by atoms with E-state index in [1.54, 1.807) is 12.3 Å². The van der Waals surface area contributed by atoms with Gasteiger partial charge in [-0.25, -0.2) is 0 Å². The molecule has 0 radical (unpaired) electrons. The fourth-order valence-electron chi connectivity index (χ4n) is 8.94. The van der Waals surface area contributed by atoms with Crippen LogP contribution in [0.3, 0.4) is 0 Å². The smallest absolute Gasteiger partial charge is 0.296 e. The summed E-state index contributed by atoms with van der Waals surface area (Å²) in [6.45, 7) is 7.42.